The Bertz CT molecular complexity index is 539. The number of benzene rings is 1. The maximum Gasteiger partial charge on any atom is 0.313 e. The molecule has 1 aromatic heterocycles. The van der Waals surface area contributed by atoms with Crippen LogP contribution in [-0.2, 0) is 23.0 Å². The Morgan fingerprint density at radius 3 is 2.68 bits per heavy atom. The average Bonchev–Trinajstić information content (AvgIpc) is 2.85. The third-order valence-corrected chi connectivity index (χ3v) is 3.05. The first-order valence-corrected chi connectivity index (χ1v) is 6.06. The second kappa shape index (κ2) is 6.08. The average molecular weight is 260 g/mol. The minimum Gasteiger partial charge on any atom is -0.469 e. The molecule has 0 fully saturated rings. The van der Waals surface area contributed by atoms with E-state index in [2.05, 4.69) is 15.5 Å². The van der Waals surface area contributed by atoms with Crippen molar-refractivity contribution in [3.8, 4) is 0 Å². The minimum atomic E-state index is -0.289. The number of methoxy groups -OCH3 is 1. The van der Waals surface area contributed by atoms with E-state index in [1.165, 1.54) is 7.11 Å². The smallest absolute Gasteiger partial charge is 0.313 e. The Morgan fingerprint density at radius 1 is 1.37 bits per heavy atom. The molecule has 1 unspecified atom stereocenters. The summed E-state index contributed by atoms with van der Waals surface area (Å²) in [7, 11) is 3.19. The standard InChI is InChI=1S/C13H16N4O2/c1-17-12(14-15-16-17)9-8-11(13(18)19-2)10-6-4-3-5-7-10/h3-7,11H,8-9H2,1-2H3. The topological polar surface area (TPSA) is 69.9 Å². The third kappa shape index (κ3) is 3.15. The van der Waals surface area contributed by atoms with Gasteiger partial charge in [-0.1, -0.05) is 30.3 Å². The lowest BCUT2D eigenvalue weighted by atomic mass is 9.94. The zero-order valence-corrected chi connectivity index (χ0v) is 11.0. The lowest BCUT2D eigenvalue weighted by Gasteiger charge is -2.14. The van der Waals surface area contributed by atoms with Gasteiger partial charge >= 0.3 is 5.97 Å². The molecule has 6 nitrogen and oxygen atoms in total. The maximum absolute atomic E-state index is 11.9. The lowest BCUT2D eigenvalue weighted by molar-refractivity contribution is -0.142. The number of carbonyl (C=O) groups excluding carboxylic acids is 1. The highest BCUT2D eigenvalue weighted by molar-refractivity contribution is 5.78. The first-order chi connectivity index (χ1) is 9.22. The number of ether oxygens (including phenoxy) is 1. The number of esters is 1. The summed E-state index contributed by atoms with van der Waals surface area (Å²) in [6.07, 6.45) is 1.24. The van der Waals surface area contributed by atoms with Crippen molar-refractivity contribution in [3.05, 3.63) is 41.7 Å². The number of aryl methyl sites for hydroxylation is 2. The summed E-state index contributed by atoms with van der Waals surface area (Å²) < 4.78 is 6.48. The van der Waals surface area contributed by atoms with Gasteiger partial charge in [-0.25, -0.2) is 4.68 Å². The maximum atomic E-state index is 11.9. The Morgan fingerprint density at radius 2 is 2.11 bits per heavy atom. The fourth-order valence-electron chi connectivity index (χ4n) is 1.98. The summed E-state index contributed by atoms with van der Waals surface area (Å²) in [5.74, 6) is 0.231. The van der Waals surface area contributed by atoms with E-state index in [0.29, 0.717) is 12.8 Å². The van der Waals surface area contributed by atoms with E-state index in [9.17, 15) is 4.79 Å². The predicted octanol–water partition coefficient (Wildman–Crippen LogP) is 1.10. The zero-order valence-electron chi connectivity index (χ0n) is 11.0. The molecule has 1 aromatic carbocycles. The van der Waals surface area contributed by atoms with Crippen LogP contribution < -0.4 is 0 Å². The van der Waals surface area contributed by atoms with Gasteiger partial charge in [0, 0.05) is 13.5 Å². The van der Waals surface area contributed by atoms with E-state index in [-0.39, 0.29) is 11.9 Å². The Labute approximate surface area is 111 Å². The van der Waals surface area contributed by atoms with E-state index in [4.69, 9.17) is 4.74 Å². The van der Waals surface area contributed by atoms with Crippen LogP contribution in [0, 0.1) is 0 Å². The van der Waals surface area contributed by atoms with Gasteiger partial charge in [-0.3, -0.25) is 4.79 Å². The van der Waals surface area contributed by atoms with Gasteiger partial charge in [-0.05, 0) is 22.4 Å². The minimum absolute atomic E-state index is 0.235. The van der Waals surface area contributed by atoms with Crippen molar-refractivity contribution in [3.63, 3.8) is 0 Å². The van der Waals surface area contributed by atoms with Crippen molar-refractivity contribution >= 4 is 5.97 Å². The number of hydrogen-bond donors (Lipinski definition) is 0. The molecule has 0 aliphatic rings. The number of hydrogen-bond acceptors (Lipinski definition) is 5. The highest BCUT2D eigenvalue weighted by Gasteiger charge is 2.21. The molecule has 0 radical (unpaired) electrons. The summed E-state index contributed by atoms with van der Waals surface area (Å²) in [6.45, 7) is 0. The van der Waals surface area contributed by atoms with E-state index in [0.717, 1.165) is 11.4 Å². The van der Waals surface area contributed by atoms with Crippen molar-refractivity contribution in [1.82, 2.24) is 20.2 Å². The molecule has 100 valence electrons. The summed E-state index contributed by atoms with van der Waals surface area (Å²) in [5, 5.41) is 11.3. The predicted molar refractivity (Wildman–Crippen MR) is 68.3 cm³/mol. The third-order valence-electron chi connectivity index (χ3n) is 3.05. The van der Waals surface area contributed by atoms with Crippen molar-refractivity contribution in [2.75, 3.05) is 7.11 Å². The van der Waals surface area contributed by atoms with Crippen LogP contribution in [0.15, 0.2) is 30.3 Å². The van der Waals surface area contributed by atoms with Crippen molar-refractivity contribution < 1.29 is 9.53 Å². The van der Waals surface area contributed by atoms with Crippen LogP contribution in [0.25, 0.3) is 0 Å². The molecule has 0 amide bonds. The highest BCUT2D eigenvalue weighted by atomic mass is 16.5. The zero-order chi connectivity index (χ0) is 13.7. The highest BCUT2D eigenvalue weighted by Crippen LogP contribution is 2.22. The number of rotatable bonds is 5. The molecule has 0 aliphatic heterocycles. The van der Waals surface area contributed by atoms with Gasteiger partial charge in [0.1, 0.15) is 0 Å². The van der Waals surface area contributed by atoms with Crippen LogP contribution in [0.4, 0.5) is 0 Å². The molecule has 6 heteroatoms. The fraction of sp³-hybridized carbons (Fsp3) is 0.385. The van der Waals surface area contributed by atoms with Gasteiger partial charge in [0.05, 0.1) is 13.0 Å². The summed E-state index contributed by atoms with van der Waals surface area (Å²) >= 11 is 0. The van der Waals surface area contributed by atoms with Crippen molar-refractivity contribution in [1.29, 1.82) is 0 Å². The van der Waals surface area contributed by atoms with Crippen LogP contribution in [0.5, 0.6) is 0 Å². The van der Waals surface area contributed by atoms with E-state index in [1.807, 2.05) is 30.3 Å². The molecular formula is C13H16N4O2. The molecule has 0 bridgehead atoms. The van der Waals surface area contributed by atoms with Crippen LogP contribution in [-0.4, -0.2) is 33.3 Å². The lowest BCUT2D eigenvalue weighted by Crippen LogP contribution is -2.16. The van der Waals surface area contributed by atoms with Crippen LogP contribution in [0.3, 0.4) is 0 Å². The molecule has 1 heterocycles. The quantitative estimate of drug-likeness (QED) is 0.753. The normalized spacial score (nSPS) is 12.1. The van der Waals surface area contributed by atoms with Crippen LogP contribution in [0.1, 0.15) is 23.7 Å². The first-order valence-electron chi connectivity index (χ1n) is 6.06. The molecule has 2 aromatic rings. The van der Waals surface area contributed by atoms with E-state index < -0.39 is 0 Å². The molecule has 0 saturated heterocycles. The van der Waals surface area contributed by atoms with Gasteiger partial charge in [0.15, 0.2) is 5.82 Å². The van der Waals surface area contributed by atoms with E-state index in [1.54, 1.807) is 11.7 Å². The van der Waals surface area contributed by atoms with Crippen LogP contribution >= 0.6 is 0 Å². The second-order valence-electron chi connectivity index (χ2n) is 4.24. The summed E-state index contributed by atoms with van der Waals surface area (Å²) in [6, 6.07) is 9.60. The second-order valence-corrected chi connectivity index (χ2v) is 4.24. The number of tetrazole rings is 1. The Balaban J connectivity index is 2.11. The molecule has 2 rings (SSSR count). The van der Waals surface area contributed by atoms with E-state index >= 15 is 0 Å². The van der Waals surface area contributed by atoms with Crippen LogP contribution in [0.2, 0.25) is 0 Å². The summed E-state index contributed by atoms with van der Waals surface area (Å²) in [5.41, 5.74) is 0.949. The van der Waals surface area contributed by atoms with Gasteiger partial charge in [0.2, 0.25) is 0 Å². The molecule has 0 N–H and O–H groups in total. The Hall–Kier alpha value is -2.24. The first kappa shape index (κ1) is 13.2. The fourth-order valence-corrected chi connectivity index (χ4v) is 1.98. The molecule has 19 heavy (non-hydrogen) atoms. The summed E-state index contributed by atoms with van der Waals surface area (Å²) in [4.78, 5) is 11.9. The van der Waals surface area contributed by atoms with Gasteiger partial charge < -0.3 is 4.74 Å². The Kier molecular flexibility index (Phi) is 4.22. The number of aromatic nitrogens is 4. The van der Waals surface area contributed by atoms with Gasteiger partial charge in [0.25, 0.3) is 0 Å². The van der Waals surface area contributed by atoms with Gasteiger partial charge in [-0.15, -0.1) is 5.10 Å². The molecule has 0 spiro atoms. The molecule has 0 aliphatic carbocycles. The largest absolute Gasteiger partial charge is 0.469 e. The van der Waals surface area contributed by atoms with Crippen molar-refractivity contribution in [2.45, 2.75) is 18.8 Å². The molecular weight excluding hydrogens is 244 g/mol. The van der Waals surface area contributed by atoms with Crippen molar-refractivity contribution in [2.24, 2.45) is 7.05 Å². The molecule has 0 saturated carbocycles. The van der Waals surface area contributed by atoms with Gasteiger partial charge in [-0.2, -0.15) is 0 Å². The monoisotopic (exact) mass is 260 g/mol. The number of nitrogens with zero attached hydrogens (tertiary/aromatic N) is 4. The number of carbonyl (C=O) groups is 1. The SMILES string of the molecule is COC(=O)C(CCc1nnnn1C)c1ccccc1. The molecule has 1 atom stereocenters.